The lowest BCUT2D eigenvalue weighted by atomic mass is 10.1. The summed E-state index contributed by atoms with van der Waals surface area (Å²) in [6, 6.07) is 9.66. The predicted molar refractivity (Wildman–Crippen MR) is 94.8 cm³/mol. The van der Waals surface area contributed by atoms with Crippen LogP contribution in [0.3, 0.4) is 0 Å². The SMILES string of the molecule is O=C(CCc1cc(O)cc(O)c1)NCCc1c[nH]c2c(O)cccc12. The summed E-state index contributed by atoms with van der Waals surface area (Å²) in [6.07, 6.45) is 3.21. The van der Waals surface area contributed by atoms with Gasteiger partial charge in [0.1, 0.15) is 17.2 Å². The molecule has 0 saturated heterocycles. The molecule has 0 aliphatic rings. The predicted octanol–water partition coefficient (Wildman–Crippen LogP) is 2.58. The molecule has 2 aromatic carbocycles. The van der Waals surface area contributed by atoms with Gasteiger partial charge in [-0.05, 0) is 42.2 Å². The number of carbonyl (C=O) groups excluding carboxylic acids is 1. The summed E-state index contributed by atoms with van der Waals surface area (Å²) in [4.78, 5) is 15.0. The van der Waals surface area contributed by atoms with E-state index in [1.165, 1.54) is 18.2 Å². The van der Waals surface area contributed by atoms with Crippen LogP contribution in [-0.4, -0.2) is 32.8 Å². The third kappa shape index (κ3) is 4.03. The fourth-order valence-corrected chi connectivity index (χ4v) is 2.89. The van der Waals surface area contributed by atoms with E-state index in [1.54, 1.807) is 12.1 Å². The number of nitrogens with one attached hydrogen (secondary N) is 2. The molecular formula is C19H20N2O4. The van der Waals surface area contributed by atoms with Crippen molar-refractivity contribution in [3.05, 3.63) is 53.7 Å². The molecule has 0 saturated carbocycles. The van der Waals surface area contributed by atoms with Gasteiger partial charge in [0.15, 0.2) is 0 Å². The lowest BCUT2D eigenvalue weighted by molar-refractivity contribution is -0.121. The van der Waals surface area contributed by atoms with Gasteiger partial charge in [0, 0.05) is 30.6 Å². The van der Waals surface area contributed by atoms with Crippen LogP contribution in [0.25, 0.3) is 10.9 Å². The molecule has 0 fully saturated rings. The number of H-pyrrole nitrogens is 1. The van der Waals surface area contributed by atoms with Gasteiger partial charge in [0.25, 0.3) is 0 Å². The molecule has 3 rings (SSSR count). The molecule has 6 heteroatoms. The van der Waals surface area contributed by atoms with Gasteiger partial charge in [-0.3, -0.25) is 4.79 Å². The van der Waals surface area contributed by atoms with E-state index >= 15 is 0 Å². The van der Waals surface area contributed by atoms with Crippen molar-refractivity contribution in [2.24, 2.45) is 0 Å². The molecule has 3 aromatic rings. The monoisotopic (exact) mass is 340 g/mol. The fraction of sp³-hybridized carbons (Fsp3) is 0.211. The number of fused-ring (bicyclic) bond motifs is 1. The minimum absolute atomic E-state index is 0.0157. The number of carbonyl (C=O) groups is 1. The van der Waals surface area contributed by atoms with Gasteiger partial charge in [-0.15, -0.1) is 0 Å². The van der Waals surface area contributed by atoms with Gasteiger partial charge in [-0.1, -0.05) is 12.1 Å². The third-order valence-electron chi connectivity index (χ3n) is 4.10. The van der Waals surface area contributed by atoms with E-state index < -0.39 is 0 Å². The second kappa shape index (κ2) is 7.17. The quantitative estimate of drug-likeness (QED) is 0.475. The Morgan fingerprint density at radius 1 is 1.04 bits per heavy atom. The van der Waals surface area contributed by atoms with Gasteiger partial charge >= 0.3 is 0 Å². The third-order valence-corrected chi connectivity index (χ3v) is 4.10. The standard InChI is InChI=1S/C19H20N2O4/c22-14-8-12(9-15(23)10-14)4-5-18(25)20-7-6-13-11-21-19-16(13)2-1-3-17(19)24/h1-3,8-11,21-24H,4-7H2,(H,20,25). The van der Waals surface area contributed by atoms with Crippen LogP contribution in [0.2, 0.25) is 0 Å². The van der Waals surface area contributed by atoms with E-state index in [9.17, 15) is 20.1 Å². The minimum atomic E-state index is -0.0921. The van der Waals surface area contributed by atoms with Crippen molar-refractivity contribution in [2.75, 3.05) is 6.54 Å². The smallest absolute Gasteiger partial charge is 0.220 e. The molecule has 0 radical (unpaired) electrons. The average Bonchev–Trinajstić information content (AvgIpc) is 2.97. The Morgan fingerprint density at radius 3 is 2.56 bits per heavy atom. The van der Waals surface area contributed by atoms with Gasteiger partial charge < -0.3 is 25.6 Å². The zero-order chi connectivity index (χ0) is 17.8. The Hall–Kier alpha value is -3.15. The highest BCUT2D eigenvalue weighted by Crippen LogP contribution is 2.26. The Labute approximate surface area is 144 Å². The summed E-state index contributed by atoms with van der Waals surface area (Å²) in [5.41, 5.74) is 2.44. The summed E-state index contributed by atoms with van der Waals surface area (Å²) in [5.74, 6) is 0.0867. The molecule has 0 bridgehead atoms. The van der Waals surface area contributed by atoms with Crippen LogP contribution in [0.5, 0.6) is 17.2 Å². The van der Waals surface area contributed by atoms with Crippen LogP contribution >= 0.6 is 0 Å². The largest absolute Gasteiger partial charge is 0.508 e. The normalized spacial score (nSPS) is 10.9. The molecular weight excluding hydrogens is 320 g/mol. The van der Waals surface area contributed by atoms with Crippen molar-refractivity contribution >= 4 is 16.8 Å². The second-order valence-corrected chi connectivity index (χ2v) is 5.97. The summed E-state index contributed by atoms with van der Waals surface area (Å²) in [6.45, 7) is 0.493. The average molecular weight is 340 g/mol. The van der Waals surface area contributed by atoms with Crippen molar-refractivity contribution in [3.63, 3.8) is 0 Å². The van der Waals surface area contributed by atoms with E-state index in [2.05, 4.69) is 10.3 Å². The maximum absolute atomic E-state index is 11.9. The Kier molecular flexibility index (Phi) is 4.79. The number of rotatable bonds is 6. The van der Waals surface area contributed by atoms with E-state index in [0.29, 0.717) is 30.5 Å². The number of aryl methyl sites for hydroxylation is 1. The minimum Gasteiger partial charge on any atom is -0.508 e. The molecule has 0 unspecified atom stereocenters. The summed E-state index contributed by atoms with van der Waals surface area (Å²) in [7, 11) is 0. The van der Waals surface area contributed by atoms with E-state index in [1.807, 2.05) is 12.3 Å². The first-order chi connectivity index (χ1) is 12.0. The Balaban J connectivity index is 1.50. The van der Waals surface area contributed by atoms with Crippen LogP contribution in [0.15, 0.2) is 42.6 Å². The summed E-state index contributed by atoms with van der Waals surface area (Å²) >= 11 is 0. The highest BCUT2D eigenvalue weighted by atomic mass is 16.3. The van der Waals surface area contributed by atoms with Crippen LogP contribution in [0.1, 0.15) is 17.5 Å². The topological polar surface area (TPSA) is 106 Å². The molecule has 0 aliphatic carbocycles. The maximum Gasteiger partial charge on any atom is 0.220 e. The van der Waals surface area contributed by atoms with Crippen LogP contribution in [-0.2, 0) is 17.6 Å². The molecule has 5 N–H and O–H groups in total. The highest BCUT2D eigenvalue weighted by molar-refractivity contribution is 5.88. The van der Waals surface area contributed by atoms with Gasteiger partial charge in [-0.2, -0.15) is 0 Å². The number of benzene rings is 2. The van der Waals surface area contributed by atoms with Gasteiger partial charge in [0.05, 0.1) is 5.52 Å². The van der Waals surface area contributed by atoms with Crippen molar-refractivity contribution in [1.29, 1.82) is 0 Å². The van der Waals surface area contributed by atoms with Crippen LogP contribution < -0.4 is 5.32 Å². The molecule has 1 amide bonds. The molecule has 1 aromatic heterocycles. The molecule has 0 spiro atoms. The van der Waals surface area contributed by atoms with Crippen LogP contribution in [0.4, 0.5) is 0 Å². The van der Waals surface area contributed by atoms with Crippen molar-refractivity contribution in [3.8, 4) is 17.2 Å². The number of hydrogen-bond donors (Lipinski definition) is 5. The number of phenolic OH excluding ortho intramolecular Hbond substituents is 3. The summed E-state index contributed by atoms with van der Waals surface area (Å²) in [5, 5.41) is 32.4. The second-order valence-electron chi connectivity index (χ2n) is 5.97. The molecule has 1 heterocycles. The first kappa shape index (κ1) is 16.7. The number of phenols is 3. The van der Waals surface area contributed by atoms with Crippen molar-refractivity contribution in [1.82, 2.24) is 10.3 Å². The first-order valence-electron chi connectivity index (χ1n) is 8.09. The number of para-hydroxylation sites is 1. The Morgan fingerprint density at radius 2 is 1.80 bits per heavy atom. The highest BCUT2D eigenvalue weighted by Gasteiger charge is 2.08. The molecule has 0 aliphatic heterocycles. The van der Waals surface area contributed by atoms with Crippen molar-refractivity contribution < 1.29 is 20.1 Å². The molecule has 130 valence electrons. The zero-order valence-electron chi connectivity index (χ0n) is 13.6. The lowest BCUT2D eigenvalue weighted by Gasteiger charge is -2.06. The number of amides is 1. The van der Waals surface area contributed by atoms with E-state index in [0.717, 1.165) is 10.9 Å². The van der Waals surface area contributed by atoms with E-state index in [4.69, 9.17) is 0 Å². The van der Waals surface area contributed by atoms with E-state index in [-0.39, 0.29) is 29.6 Å². The number of aromatic hydroxyl groups is 3. The Bertz CT molecular complexity index is 881. The summed E-state index contributed by atoms with van der Waals surface area (Å²) < 4.78 is 0. The number of aromatic nitrogens is 1. The number of hydrogen-bond acceptors (Lipinski definition) is 4. The zero-order valence-corrected chi connectivity index (χ0v) is 13.6. The van der Waals surface area contributed by atoms with Gasteiger partial charge in [0.2, 0.25) is 5.91 Å². The van der Waals surface area contributed by atoms with Crippen LogP contribution in [0, 0.1) is 0 Å². The molecule has 6 nitrogen and oxygen atoms in total. The fourth-order valence-electron chi connectivity index (χ4n) is 2.89. The maximum atomic E-state index is 11.9. The van der Waals surface area contributed by atoms with Crippen molar-refractivity contribution in [2.45, 2.75) is 19.3 Å². The number of aromatic amines is 1. The van der Waals surface area contributed by atoms with Gasteiger partial charge in [-0.25, -0.2) is 0 Å². The lowest BCUT2D eigenvalue weighted by Crippen LogP contribution is -2.25. The first-order valence-corrected chi connectivity index (χ1v) is 8.09. The molecule has 0 atom stereocenters. The molecule has 25 heavy (non-hydrogen) atoms.